The molecular formula is C18H19NaO3S. The molecule has 116 valence electrons. The van der Waals surface area contributed by atoms with Crippen LogP contribution >= 0.6 is 13.5 Å². The van der Waals surface area contributed by atoms with Crippen molar-refractivity contribution in [1.82, 2.24) is 0 Å². The van der Waals surface area contributed by atoms with E-state index in [4.69, 9.17) is 10.2 Å². The standard InChI is InChI=1S/3C6H6O.Na.H2S/c3*7-6-4-2-1-3-5-6;;/h3*1-5,7H;;1H2/q;;;+1;/p-1. The van der Waals surface area contributed by atoms with Crippen molar-refractivity contribution in [3.05, 3.63) is 91.0 Å². The van der Waals surface area contributed by atoms with Gasteiger partial charge in [-0.1, -0.05) is 66.7 Å². The van der Waals surface area contributed by atoms with Gasteiger partial charge in [0.2, 0.25) is 0 Å². The largest absolute Gasteiger partial charge is 1.00 e. The molecule has 0 spiro atoms. The van der Waals surface area contributed by atoms with E-state index in [1.165, 1.54) is 12.1 Å². The topological polar surface area (TPSA) is 63.5 Å². The molecule has 2 N–H and O–H groups in total. The molecule has 0 heterocycles. The number of rotatable bonds is 0. The molecule has 0 aliphatic heterocycles. The summed E-state index contributed by atoms with van der Waals surface area (Å²) in [5, 5.41) is 27.5. The van der Waals surface area contributed by atoms with Crippen LogP contribution in [0, 0.1) is 0 Å². The molecule has 0 aliphatic carbocycles. The van der Waals surface area contributed by atoms with E-state index in [2.05, 4.69) is 0 Å². The Morgan fingerprint density at radius 3 is 0.913 bits per heavy atom. The first kappa shape index (κ1) is 23.7. The second kappa shape index (κ2) is 15.3. The van der Waals surface area contributed by atoms with Crippen molar-refractivity contribution in [3.8, 4) is 17.2 Å². The summed E-state index contributed by atoms with van der Waals surface area (Å²) < 4.78 is 0. The van der Waals surface area contributed by atoms with Crippen molar-refractivity contribution < 1.29 is 44.9 Å². The Morgan fingerprint density at radius 1 is 0.522 bits per heavy atom. The summed E-state index contributed by atoms with van der Waals surface area (Å²) in [4.78, 5) is 0. The van der Waals surface area contributed by atoms with Crippen LogP contribution in [-0.2, 0) is 0 Å². The summed E-state index contributed by atoms with van der Waals surface area (Å²) in [6.45, 7) is 0. The van der Waals surface area contributed by atoms with Gasteiger partial charge in [-0.2, -0.15) is 13.5 Å². The summed E-state index contributed by atoms with van der Waals surface area (Å²) in [6, 6.07) is 25.8. The predicted octanol–water partition coefficient (Wildman–Crippen LogP) is 0.661. The van der Waals surface area contributed by atoms with Gasteiger partial charge in [0.25, 0.3) is 0 Å². The SMILES string of the molecule is Oc1ccccc1.Oc1ccccc1.S.[Na+].[O-]c1ccccc1. The van der Waals surface area contributed by atoms with Gasteiger partial charge in [0.1, 0.15) is 11.5 Å². The normalized spacial score (nSPS) is 7.83. The van der Waals surface area contributed by atoms with E-state index in [0.717, 1.165) is 0 Å². The Hall–Kier alpha value is -1.59. The maximum atomic E-state index is 10.3. The number of aromatic hydroxyl groups is 2. The van der Waals surface area contributed by atoms with Crippen LogP contribution in [0.2, 0.25) is 0 Å². The molecule has 0 fully saturated rings. The zero-order chi connectivity index (χ0) is 15.3. The summed E-state index contributed by atoms with van der Waals surface area (Å²) >= 11 is 0. The van der Waals surface area contributed by atoms with Crippen LogP contribution in [0.1, 0.15) is 0 Å². The Morgan fingerprint density at radius 2 is 0.783 bits per heavy atom. The van der Waals surface area contributed by atoms with Gasteiger partial charge in [0, 0.05) is 0 Å². The molecule has 0 aromatic heterocycles. The molecule has 0 atom stereocenters. The minimum absolute atomic E-state index is 0. The number of hydrogen-bond donors (Lipinski definition) is 2. The average molecular weight is 338 g/mol. The number of hydrogen-bond acceptors (Lipinski definition) is 3. The summed E-state index contributed by atoms with van der Waals surface area (Å²) in [7, 11) is 0. The Balaban J connectivity index is 0. The van der Waals surface area contributed by atoms with Crippen molar-refractivity contribution in [3.63, 3.8) is 0 Å². The van der Waals surface area contributed by atoms with Gasteiger partial charge in [0.05, 0.1) is 0 Å². The zero-order valence-corrected chi connectivity index (χ0v) is 16.0. The van der Waals surface area contributed by atoms with Crippen LogP contribution in [0.15, 0.2) is 91.0 Å². The van der Waals surface area contributed by atoms with E-state index in [-0.39, 0.29) is 48.8 Å². The molecule has 0 aliphatic rings. The molecule has 3 nitrogen and oxygen atoms in total. The predicted molar refractivity (Wildman–Crippen MR) is 92.5 cm³/mol. The first-order valence-electron chi connectivity index (χ1n) is 6.38. The Bertz CT molecular complexity index is 503. The minimum Gasteiger partial charge on any atom is -0.872 e. The fraction of sp³-hybridized carbons (Fsp3) is 0. The first-order chi connectivity index (χ1) is 10.2. The number of phenols is 2. The maximum absolute atomic E-state index is 10.3. The monoisotopic (exact) mass is 338 g/mol. The zero-order valence-electron chi connectivity index (χ0n) is 13.0. The summed E-state index contributed by atoms with van der Waals surface area (Å²) in [5.74, 6) is 0.715. The van der Waals surface area contributed by atoms with E-state index in [1.807, 2.05) is 18.2 Å². The third-order valence-corrected chi connectivity index (χ3v) is 2.26. The van der Waals surface area contributed by atoms with Crippen molar-refractivity contribution in [2.75, 3.05) is 0 Å². The molecule has 0 unspecified atom stereocenters. The molecule has 5 heteroatoms. The van der Waals surface area contributed by atoms with Gasteiger partial charge in [-0.25, -0.2) is 0 Å². The van der Waals surface area contributed by atoms with Crippen molar-refractivity contribution in [1.29, 1.82) is 0 Å². The Labute approximate surface area is 166 Å². The second-order valence-corrected chi connectivity index (χ2v) is 3.98. The van der Waals surface area contributed by atoms with Crippen LogP contribution in [0.3, 0.4) is 0 Å². The summed E-state index contributed by atoms with van der Waals surface area (Å²) in [5.41, 5.74) is 0. The van der Waals surface area contributed by atoms with Gasteiger partial charge >= 0.3 is 29.6 Å². The molecule has 0 radical (unpaired) electrons. The smallest absolute Gasteiger partial charge is 0.872 e. The molecule has 3 rings (SSSR count). The second-order valence-electron chi connectivity index (χ2n) is 3.98. The van der Waals surface area contributed by atoms with E-state index in [9.17, 15) is 5.11 Å². The van der Waals surface area contributed by atoms with Crippen molar-refractivity contribution in [2.24, 2.45) is 0 Å². The first-order valence-corrected chi connectivity index (χ1v) is 6.38. The van der Waals surface area contributed by atoms with E-state index >= 15 is 0 Å². The molecule has 0 bridgehead atoms. The Kier molecular flexibility index (Phi) is 15.8. The van der Waals surface area contributed by atoms with E-state index in [0.29, 0.717) is 11.5 Å². The van der Waals surface area contributed by atoms with E-state index < -0.39 is 0 Å². The molecule has 3 aromatic rings. The maximum Gasteiger partial charge on any atom is 1.00 e. The molecule has 0 amide bonds. The van der Waals surface area contributed by atoms with Gasteiger partial charge in [0.15, 0.2) is 0 Å². The number of para-hydroxylation sites is 3. The van der Waals surface area contributed by atoms with Gasteiger partial charge in [-0.05, 0) is 24.3 Å². The fourth-order valence-corrected chi connectivity index (χ4v) is 1.28. The van der Waals surface area contributed by atoms with Crippen molar-refractivity contribution >= 4 is 13.5 Å². The number of benzene rings is 3. The van der Waals surface area contributed by atoms with Crippen LogP contribution in [0.25, 0.3) is 0 Å². The third kappa shape index (κ3) is 13.8. The number of phenolic OH excluding ortho intramolecular Hbond substituents is 2. The minimum atomic E-state index is 0. The van der Waals surface area contributed by atoms with Crippen LogP contribution in [-0.4, -0.2) is 10.2 Å². The quantitative estimate of drug-likeness (QED) is 0.592. The third-order valence-electron chi connectivity index (χ3n) is 2.26. The van der Waals surface area contributed by atoms with Crippen LogP contribution in [0.4, 0.5) is 0 Å². The van der Waals surface area contributed by atoms with Gasteiger partial charge < -0.3 is 15.3 Å². The molecule has 0 saturated heterocycles. The van der Waals surface area contributed by atoms with E-state index in [1.54, 1.807) is 60.7 Å². The van der Waals surface area contributed by atoms with Crippen molar-refractivity contribution in [2.45, 2.75) is 0 Å². The van der Waals surface area contributed by atoms with Gasteiger partial charge in [-0.15, -0.1) is 5.75 Å². The van der Waals surface area contributed by atoms with Crippen LogP contribution < -0.4 is 34.7 Å². The van der Waals surface area contributed by atoms with Gasteiger partial charge in [-0.3, -0.25) is 0 Å². The molecule has 23 heavy (non-hydrogen) atoms. The molecular weight excluding hydrogens is 319 g/mol. The average Bonchev–Trinajstić information content (AvgIpc) is 2.51. The molecule has 0 saturated carbocycles. The molecule has 3 aromatic carbocycles. The van der Waals surface area contributed by atoms with Crippen LogP contribution in [0.5, 0.6) is 17.2 Å². The fourth-order valence-electron chi connectivity index (χ4n) is 1.28. The summed E-state index contributed by atoms with van der Waals surface area (Å²) in [6.07, 6.45) is 0.